The summed E-state index contributed by atoms with van der Waals surface area (Å²) in [5.41, 5.74) is 0.275. The molecule has 0 unspecified atom stereocenters. The third-order valence-electron chi connectivity index (χ3n) is 3.59. The minimum Gasteiger partial charge on any atom is -0.507 e. The van der Waals surface area contributed by atoms with E-state index in [1.165, 1.54) is 6.07 Å². The van der Waals surface area contributed by atoms with Crippen LogP contribution >= 0.6 is 11.6 Å². The van der Waals surface area contributed by atoms with Crippen LogP contribution in [0.4, 0.5) is 0 Å². The highest BCUT2D eigenvalue weighted by Gasteiger charge is 2.18. The first-order valence-electron chi connectivity index (χ1n) is 6.51. The van der Waals surface area contributed by atoms with E-state index in [1.807, 2.05) is 0 Å². The molecule has 0 atom stereocenters. The number of benzene rings is 1. The normalized spacial score (nSPS) is 17.4. The number of amides is 1. The number of likely N-dealkylation sites (tertiary alicyclic amines) is 1. The van der Waals surface area contributed by atoms with Crippen molar-refractivity contribution in [1.82, 2.24) is 10.2 Å². The highest BCUT2D eigenvalue weighted by Crippen LogP contribution is 2.22. The monoisotopic (exact) mass is 282 g/mol. The Bertz CT molecular complexity index is 457. The SMILES string of the molecule is CN1CCC(CNC(=O)c2ccc(Cl)cc2O)CC1. The highest BCUT2D eigenvalue weighted by atomic mass is 35.5. The van der Waals surface area contributed by atoms with E-state index in [9.17, 15) is 9.90 Å². The fraction of sp³-hybridized carbons (Fsp3) is 0.500. The zero-order chi connectivity index (χ0) is 13.8. The Morgan fingerprint density at radius 2 is 2.16 bits per heavy atom. The Balaban J connectivity index is 1.87. The number of nitrogens with zero attached hydrogens (tertiary/aromatic N) is 1. The van der Waals surface area contributed by atoms with Crippen LogP contribution in [0.15, 0.2) is 18.2 Å². The number of phenolic OH excluding ortho intramolecular Hbond substituents is 1. The number of phenols is 1. The molecule has 2 N–H and O–H groups in total. The molecule has 1 aromatic carbocycles. The van der Waals surface area contributed by atoms with E-state index in [4.69, 9.17) is 11.6 Å². The molecule has 1 aliphatic heterocycles. The molecule has 2 rings (SSSR count). The first-order chi connectivity index (χ1) is 9.06. The van der Waals surface area contributed by atoms with Crippen LogP contribution < -0.4 is 5.32 Å². The molecule has 104 valence electrons. The van der Waals surface area contributed by atoms with Gasteiger partial charge in [-0.15, -0.1) is 0 Å². The third kappa shape index (κ3) is 3.85. The van der Waals surface area contributed by atoms with Gasteiger partial charge >= 0.3 is 0 Å². The molecular weight excluding hydrogens is 264 g/mol. The lowest BCUT2D eigenvalue weighted by atomic mass is 9.97. The Kier molecular flexibility index (Phi) is 4.66. The van der Waals surface area contributed by atoms with Crippen molar-refractivity contribution < 1.29 is 9.90 Å². The number of hydrogen-bond acceptors (Lipinski definition) is 3. The fourth-order valence-electron chi connectivity index (χ4n) is 2.30. The van der Waals surface area contributed by atoms with Gasteiger partial charge in [0.05, 0.1) is 5.56 Å². The van der Waals surface area contributed by atoms with Crippen LogP contribution in [0.2, 0.25) is 5.02 Å². The van der Waals surface area contributed by atoms with Crippen molar-refractivity contribution in [1.29, 1.82) is 0 Å². The van der Waals surface area contributed by atoms with Gasteiger partial charge in [0.15, 0.2) is 0 Å². The molecule has 1 aliphatic rings. The van der Waals surface area contributed by atoms with Gasteiger partial charge in [0.1, 0.15) is 5.75 Å². The van der Waals surface area contributed by atoms with Gasteiger partial charge in [-0.2, -0.15) is 0 Å². The summed E-state index contributed by atoms with van der Waals surface area (Å²) < 4.78 is 0. The van der Waals surface area contributed by atoms with Crippen LogP contribution in [0.1, 0.15) is 23.2 Å². The van der Waals surface area contributed by atoms with Gasteiger partial charge < -0.3 is 15.3 Å². The number of carbonyl (C=O) groups excluding carboxylic acids is 1. The van der Waals surface area contributed by atoms with Crippen LogP contribution in [0.5, 0.6) is 5.75 Å². The average molecular weight is 283 g/mol. The molecule has 0 aromatic heterocycles. The second-order valence-electron chi connectivity index (χ2n) is 5.12. The van der Waals surface area contributed by atoms with Crippen LogP contribution in [0, 0.1) is 5.92 Å². The maximum absolute atomic E-state index is 12.0. The van der Waals surface area contributed by atoms with Crippen molar-refractivity contribution in [3.63, 3.8) is 0 Å². The summed E-state index contributed by atoms with van der Waals surface area (Å²) in [4.78, 5) is 14.3. The summed E-state index contributed by atoms with van der Waals surface area (Å²) >= 11 is 5.74. The van der Waals surface area contributed by atoms with E-state index in [-0.39, 0.29) is 17.2 Å². The second-order valence-corrected chi connectivity index (χ2v) is 5.55. The summed E-state index contributed by atoms with van der Waals surface area (Å²) in [6.07, 6.45) is 2.20. The van der Waals surface area contributed by atoms with Gasteiger partial charge in [-0.3, -0.25) is 4.79 Å². The first-order valence-corrected chi connectivity index (χ1v) is 6.89. The van der Waals surface area contributed by atoms with Gasteiger partial charge in [0.2, 0.25) is 0 Å². The first kappa shape index (κ1) is 14.2. The third-order valence-corrected chi connectivity index (χ3v) is 3.83. The van der Waals surface area contributed by atoms with E-state index >= 15 is 0 Å². The summed E-state index contributed by atoms with van der Waals surface area (Å²) in [5, 5.41) is 13.0. The maximum Gasteiger partial charge on any atom is 0.255 e. The van der Waals surface area contributed by atoms with Crippen molar-refractivity contribution in [2.45, 2.75) is 12.8 Å². The molecule has 0 spiro atoms. The number of halogens is 1. The van der Waals surface area contributed by atoms with Gasteiger partial charge in [0.25, 0.3) is 5.91 Å². The Morgan fingerprint density at radius 1 is 1.47 bits per heavy atom. The summed E-state index contributed by atoms with van der Waals surface area (Å²) in [7, 11) is 2.11. The standard InChI is InChI=1S/C14H19ClN2O2/c1-17-6-4-10(5-7-17)9-16-14(19)12-3-2-11(15)8-13(12)18/h2-3,8,10,18H,4-7,9H2,1H3,(H,16,19). The lowest BCUT2D eigenvalue weighted by Gasteiger charge is -2.28. The number of piperidine rings is 1. The zero-order valence-corrected chi connectivity index (χ0v) is 11.8. The minimum atomic E-state index is -0.243. The van der Waals surface area contributed by atoms with E-state index in [2.05, 4.69) is 17.3 Å². The quantitative estimate of drug-likeness (QED) is 0.893. The Morgan fingerprint density at radius 3 is 2.79 bits per heavy atom. The van der Waals surface area contributed by atoms with Crippen molar-refractivity contribution in [2.24, 2.45) is 5.92 Å². The summed E-state index contributed by atoms with van der Waals surface area (Å²) in [5.74, 6) is 0.205. The van der Waals surface area contributed by atoms with E-state index in [0.717, 1.165) is 25.9 Å². The Labute approximate surface area is 118 Å². The number of hydrogen-bond donors (Lipinski definition) is 2. The number of carbonyl (C=O) groups is 1. The number of rotatable bonds is 3. The van der Waals surface area contributed by atoms with E-state index in [1.54, 1.807) is 12.1 Å². The Hall–Kier alpha value is -1.26. The van der Waals surface area contributed by atoms with Crippen LogP contribution in [0.3, 0.4) is 0 Å². The average Bonchev–Trinajstić information content (AvgIpc) is 2.37. The predicted octanol–water partition coefficient (Wildman–Crippen LogP) is 2.12. The summed E-state index contributed by atoms with van der Waals surface area (Å²) in [6.45, 7) is 2.81. The molecule has 0 radical (unpaired) electrons. The van der Waals surface area contributed by atoms with E-state index in [0.29, 0.717) is 17.5 Å². The molecule has 1 fully saturated rings. The zero-order valence-electron chi connectivity index (χ0n) is 11.0. The molecule has 1 amide bonds. The van der Waals surface area contributed by atoms with Gasteiger partial charge in [-0.1, -0.05) is 11.6 Å². The molecule has 1 heterocycles. The lowest BCUT2D eigenvalue weighted by Crippen LogP contribution is -2.36. The smallest absolute Gasteiger partial charge is 0.255 e. The predicted molar refractivity (Wildman–Crippen MR) is 75.7 cm³/mol. The molecule has 0 aliphatic carbocycles. The van der Waals surface area contributed by atoms with E-state index < -0.39 is 0 Å². The minimum absolute atomic E-state index is 0.0756. The molecule has 19 heavy (non-hydrogen) atoms. The molecule has 4 nitrogen and oxygen atoms in total. The van der Waals surface area contributed by atoms with Crippen molar-refractivity contribution in [2.75, 3.05) is 26.7 Å². The molecular formula is C14H19ClN2O2. The molecule has 1 aromatic rings. The molecule has 0 bridgehead atoms. The van der Waals surface area contributed by atoms with Crippen LogP contribution in [-0.2, 0) is 0 Å². The van der Waals surface area contributed by atoms with Crippen molar-refractivity contribution in [3.8, 4) is 5.75 Å². The molecule has 1 saturated heterocycles. The van der Waals surface area contributed by atoms with Crippen LogP contribution in [-0.4, -0.2) is 42.6 Å². The van der Waals surface area contributed by atoms with Gasteiger partial charge in [-0.25, -0.2) is 0 Å². The molecule has 0 saturated carbocycles. The second kappa shape index (κ2) is 6.26. The molecule has 5 heteroatoms. The largest absolute Gasteiger partial charge is 0.507 e. The highest BCUT2D eigenvalue weighted by molar-refractivity contribution is 6.30. The number of nitrogens with one attached hydrogen (secondary N) is 1. The van der Waals surface area contributed by atoms with Gasteiger partial charge in [0, 0.05) is 11.6 Å². The van der Waals surface area contributed by atoms with Crippen LogP contribution in [0.25, 0.3) is 0 Å². The van der Waals surface area contributed by atoms with Crippen molar-refractivity contribution in [3.05, 3.63) is 28.8 Å². The number of aromatic hydroxyl groups is 1. The lowest BCUT2D eigenvalue weighted by molar-refractivity contribution is 0.0936. The van der Waals surface area contributed by atoms with Crippen molar-refractivity contribution >= 4 is 17.5 Å². The maximum atomic E-state index is 12.0. The fourth-order valence-corrected chi connectivity index (χ4v) is 2.46. The van der Waals surface area contributed by atoms with Gasteiger partial charge in [-0.05, 0) is 57.1 Å². The topological polar surface area (TPSA) is 52.6 Å². The summed E-state index contributed by atoms with van der Waals surface area (Å²) in [6, 6.07) is 4.53.